The van der Waals surface area contributed by atoms with Gasteiger partial charge < -0.3 is 10.1 Å². The molecular formula is C14H25NO4S. The summed E-state index contributed by atoms with van der Waals surface area (Å²) in [7, 11) is -0.0179. The lowest BCUT2D eigenvalue weighted by Gasteiger charge is -2.16. The predicted molar refractivity (Wildman–Crippen MR) is 78.7 cm³/mol. The van der Waals surface area contributed by atoms with Gasteiger partial charge in [0.05, 0.1) is 13.0 Å². The monoisotopic (exact) mass is 303 g/mol. The summed E-state index contributed by atoms with van der Waals surface area (Å²) in [5.41, 5.74) is 0. The van der Waals surface area contributed by atoms with Gasteiger partial charge in [0.15, 0.2) is 0 Å². The van der Waals surface area contributed by atoms with Crippen molar-refractivity contribution in [2.24, 2.45) is 5.92 Å². The lowest BCUT2D eigenvalue weighted by Crippen LogP contribution is -2.38. The molecule has 2 atom stereocenters. The number of methoxy groups -OCH3 is 1. The van der Waals surface area contributed by atoms with Gasteiger partial charge in [-0.2, -0.15) is 0 Å². The normalized spacial score (nSPS) is 19.7. The standard InChI is InChI=1S/C14H25NO4S/c1-11(14(17)19-2)9-20(18)10-13(16)15-12-7-5-3-4-6-8-12/h11-12H,3-10H2,1-2H3,(H,15,16). The molecule has 2 unspecified atom stereocenters. The molecule has 116 valence electrons. The average Bonchev–Trinajstić information content (AvgIpc) is 2.65. The molecule has 0 spiro atoms. The Bertz CT molecular complexity index is 351. The number of esters is 1. The van der Waals surface area contributed by atoms with Crippen LogP contribution < -0.4 is 5.32 Å². The Balaban J connectivity index is 2.30. The zero-order valence-corrected chi connectivity index (χ0v) is 13.2. The van der Waals surface area contributed by atoms with E-state index in [1.54, 1.807) is 6.92 Å². The van der Waals surface area contributed by atoms with Gasteiger partial charge in [0.2, 0.25) is 5.91 Å². The van der Waals surface area contributed by atoms with E-state index in [9.17, 15) is 13.8 Å². The van der Waals surface area contributed by atoms with Crippen molar-refractivity contribution in [2.45, 2.75) is 51.5 Å². The van der Waals surface area contributed by atoms with Crippen molar-refractivity contribution in [2.75, 3.05) is 18.6 Å². The maximum absolute atomic E-state index is 11.8. The van der Waals surface area contributed by atoms with Gasteiger partial charge in [-0.05, 0) is 12.8 Å². The molecule has 20 heavy (non-hydrogen) atoms. The summed E-state index contributed by atoms with van der Waals surface area (Å²) >= 11 is 0. The first-order valence-corrected chi connectivity index (χ1v) is 8.74. The number of hydrogen-bond donors (Lipinski definition) is 1. The van der Waals surface area contributed by atoms with Gasteiger partial charge >= 0.3 is 5.97 Å². The third-order valence-corrected chi connectivity index (χ3v) is 5.01. The molecule has 0 heterocycles. The first-order chi connectivity index (χ1) is 9.52. The lowest BCUT2D eigenvalue weighted by atomic mass is 10.1. The Kier molecular flexibility index (Phi) is 7.80. The molecule has 0 aromatic heterocycles. The summed E-state index contributed by atoms with van der Waals surface area (Å²) in [6.07, 6.45) is 6.78. The zero-order chi connectivity index (χ0) is 15.0. The number of hydrogen-bond acceptors (Lipinski definition) is 4. The Morgan fingerprint density at radius 3 is 2.40 bits per heavy atom. The van der Waals surface area contributed by atoms with Crippen molar-refractivity contribution in [1.82, 2.24) is 5.32 Å². The zero-order valence-electron chi connectivity index (χ0n) is 12.4. The molecule has 0 saturated heterocycles. The minimum Gasteiger partial charge on any atom is -0.469 e. The number of ether oxygens (including phenoxy) is 1. The summed E-state index contributed by atoms with van der Waals surface area (Å²) in [5.74, 6) is -0.857. The van der Waals surface area contributed by atoms with E-state index in [-0.39, 0.29) is 29.4 Å². The molecule has 6 heteroatoms. The molecule has 5 nitrogen and oxygen atoms in total. The molecule has 0 radical (unpaired) electrons. The van der Waals surface area contributed by atoms with E-state index in [0.29, 0.717) is 0 Å². The van der Waals surface area contributed by atoms with Gasteiger partial charge in [-0.3, -0.25) is 13.8 Å². The molecule has 1 aliphatic rings. The molecule has 1 N–H and O–H groups in total. The smallest absolute Gasteiger partial charge is 0.309 e. The second kappa shape index (κ2) is 9.10. The number of carbonyl (C=O) groups is 2. The van der Waals surface area contributed by atoms with Crippen molar-refractivity contribution < 1.29 is 18.5 Å². The number of rotatable bonds is 6. The van der Waals surface area contributed by atoms with Gasteiger partial charge in [-0.25, -0.2) is 0 Å². The second-order valence-corrected chi connectivity index (χ2v) is 6.93. The van der Waals surface area contributed by atoms with Gasteiger partial charge in [-0.15, -0.1) is 0 Å². The topological polar surface area (TPSA) is 72.5 Å². The van der Waals surface area contributed by atoms with Gasteiger partial charge in [-0.1, -0.05) is 32.6 Å². The van der Waals surface area contributed by atoms with Crippen molar-refractivity contribution in [3.63, 3.8) is 0 Å². The number of carbonyl (C=O) groups excluding carboxylic acids is 2. The van der Waals surface area contributed by atoms with Crippen molar-refractivity contribution >= 4 is 22.7 Å². The van der Waals surface area contributed by atoms with Crippen LogP contribution >= 0.6 is 0 Å². The van der Waals surface area contributed by atoms with E-state index >= 15 is 0 Å². The highest BCUT2D eigenvalue weighted by atomic mass is 32.2. The maximum atomic E-state index is 11.8. The van der Waals surface area contributed by atoms with Crippen molar-refractivity contribution in [3.8, 4) is 0 Å². The molecule has 1 rings (SSSR count). The van der Waals surface area contributed by atoms with Crippen LogP contribution in [-0.2, 0) is 25.1 Å². The molecule has 0 aromatic carbocycles. The quantitative estimate of drug-likeness (QED) is 0.594. The maximum Gasteiger partial charge on any atom is 0.309 e. The highest BCUT2D eigenvalue weighted by Gasteiger charge is 2.20. The third kappa shape index (κ3) is 6.50. The minimum atomic E-state index is -1.32. The molecule has 1 saturated carbocycles. The van der Waals surface area contributed by atoms with Crippen LogP contribution in [0.25, 0.3) is 0 Å². The fourth-order valence-corrected chi connectivity index (χ4v) is 3.63. The lowest BCUT2D eigenvalue weighted by molar-refractivity contribution is -0.144. The molecule has 1 fully saturated rings. The Morgan fingerprint density at radius 2 is 1.85 bits per heavy atom. The summed E-state index contributed by atoms with van der Waals surface area (Å²) < 4.78 is 16.4. The fourth-order valence-electron chi connectivity index (χ4n) is 2.45. The molecule has 0 aromatic rings. The van der Waals surface area contributed by atoms with Crippen LogP contribution in [0.15, 0.2) is 0 Å². The second-order valence-electron chi connectivity index (χ2n) is 5.43. The molecule has 1 aliphatic carbocycles. The summed E-state index contributed by atoms with van der Waals surface area (Å²) in [6, 6.07) is 0.222. The average molecular weight is 303 g/mol. The van der Waals surface area contributed by atoms with E-state index in [1.807, 2.05) is 0 Å². The summed E-state index contributed by atoms with van der Waals surface area (Å²) in [4.78, 5) is 23.1. The highest BCUT2D eigenvalue weighted by Crippen LogP contribution is 2.17. The van der Waals surface area contributed by atoms with Crippen LogP contribution in [0.2, 0.25) is 0 Å². The van der Waals surface area contributed by atoms with Crippen LogP contribution in [0.5, 0.6) is 0 Å². The first kappa shape index (κ1) is 17.1. The number of nitrogens with one attached hydrogen (secondary N) is 1. The van der Waals surface area contributed by atoms with Crippen LogP contribution in [-0.4, -0.2) is 40.7 Å². The third-order valence-electron chi connectivity index (χ3n) is 3.55. The van der Waals surface area contributed by atoms with Gasteiger partial charge in [0, 0.05) is 22.6 Å². The first-order valence-electron chi connectivity index (χ1n) is 7.25. The van der Waals surface area contributed by atoms with Crippen LogP contribution in [0.3, 0.4) is 0 Å². The van der Waals surface area contributed by atoms with E-state index < -0.39 is 16.7 Å². The SMILES string of the molecule is COC(=O)C(C)CS(=O)CC(=O)NC1CCCCCC1. The number of amides is 1. The van der Waals surface area contributed by atoms with E-state index in [2.05, 4.69) is 10.1 Å². The fraction of sp³-hybridized carbons (Fsp3) is 0.857. The van der Waals surface area contributed by atoms with Crippen LogP contribution in [0.4, 0.5) is 0 Å². The van der Waals surface area contributed by atoms with Crippen molar-refractivity contribution in [3.05, 3.63) is 0 Å². The Labute approximate surface area is 123 Å². The van der Waals surface area contributed by atoms with Crippen LogP contribution in [0, 0.1) is 5.92 Å². The van der Waals surface area contributed by atoms with E-state index in [4.69, 9.17) is 0 Å². The molecule has 1 amide bonds. The molecular weight excluding hydrogens is 278 g/mol. The van der Waals surface area contributed by atoms with Gasteiger partial charge in [0.1, 0.15) is 5.75 Å². The molecule has 0 bridgehead atoms. The minimum absolute atomic E-state index is 0.0299. The largest absolute Gasteiger partial charge is 0.469 e. The Morgan fingerprint density at radius 1 is 1.25 bits per heavy atom. The van der Waals surface area contributed by atoms with E-state index in [0.717, 1.165) is 25.7 Å². The van der Waals surface area contributed by atoms with Gasteiger partial charge in [0.25, 0.3) is 0 Å². The van der Waals surface area contributed by atoms with Crippen LogP contribution in [0.1, 0.15) is 45.4 Å². The van der Waals surface area contributed by atoms with E-state index in [1.165, 1.54) is 20.0 Å². The predicted octanol–water partition coefficient (Wildman–Crippen LogP) is 1.38. The van der Waals surface area contributed by atoms with Crippen molar-refractivity contribution in [1.29, 1.82) is 0 Å². The molecule has 0 aliphatic heterocycles. The Hall–Kier alpha value is -0.910. The highest BCUT2D eigenvalue weighted by molar-refractivity contribution is 7.85. The summed E-state index contributed by atoms with van der Waals surface area (Å²) in [6.45, 7) is 1.66. The summed E-state index contributed by atoms with van der Waals surface area (Å²) in [5, 5.41) is 2.96.